The second kappa shape index (κ2) is 11.8. The summed E-state index contributed by atoms with van der Waals surface area (Å²) >= 11 is 0. The third-order valence-electron chi connectivity index (χ3n) is 5.55. The van der Waals surface area contributed by atoms with Crippen LogP contribution in [0.1, 0.15) is 11.1 Å². The number of pyridine rings is 1. The van der Waals surface area contributed by atoms with E-state index in [9.17, 15) is 9.59 Å². The molecule has 0 saturated heterocycles. The fourth-order valence-electron chi connectivity index (χ4n) is 3.66. The molecule has 4 N–H and O–H groups in total. The minimum Gasteiger partial charge on any atom is -0.444 e. The van der Waals surface area contributed by atoms with Crippen LogP contribution in [0, 0.1) is 0 Å². The number of carbonyl (C=O) groups is 1. The monoisotopic (exact) mass is 484 g/mol. The number of nitrogens with two attached hydrogens (primary N) is 1. The summed E-state index contributed by atoms with van der Waals surface area (Å²) in [5.74, 6) is 0.332. The lowest BCUT2D eigenvalue weighted by Gasteiger charge is -2.18. The smallest absolute Gasteiger partial charge is 0.412 e. The maximum atomic E-state index is 13.3. The van der Waals surface area contributed by atoms with Gasteiger partial charge in [-0.2, -0.15) is 0 Å². The van der Waals surface area contributed by atoms with Crippen LogP contribution < -0.4 is 21.9 Å². The summed E-state index contributed by atoms with van der Waals surface area (Å²) in [5.41, 5.74) is 8.77. The second-order valence-corrected chi connectivity index (χ2v) is 8.28. The second-order valence-electron chi connectivity index (χ2n) is 8.28. The van der Waals surface area contributed by atoms with Crippen molar-refractivity contribution in [3.8, 4) is 11.3 Å². The number of anilines is 2. The number of rotatable bonds is 9. The molecule has 4 rings (SSSR count). The summed E-state index contributed by atoms with van der Waals surface area (Å²) < 4.78 is 6.65. The van der Waals surface area contributed by atoms with Gasteiger partial charge in [0.2, 0.25) is 5.95 Å². The van der Waals surface area contributed by atoms with Crippen molar-refractivity contribution in [1.82, 2.24) is 14.5 Å². The summed E-state index contributed by atoms with van der Waals surface area (Å²) in [6.07, 6.45) is 3.11. The average molecular weight is 485 g/mol. The summed E-state index contributed by atoms with van der Waals surface area (Å²) in [6, 6.07) is 22.5. The van der Waals surface area contributed by atoms with Crippen molar-refractivity contribution in [2.45, 2.75) is 19.1 Å². The normalized spacial score (nSPS) is 11.5. The molecule has 0 fully saturated rings. The molecule has 0 spiro atoms. The van der Waals surface area contributed by atoms with E-state index in [4.69, 9.17) is 10.5 Å². The highest BCUT2D eigenvalue weighted by Crippen LogP contribution is 2.24. The van der Waals surface area contributed by atoms with Crippen LogP contribution in [-0.4, -0.2) is 33.2 Å². The van der Waals surface area contributed by atoms with Crippen molar-refractivity contribution in [3.05, 3.63) is 107 Å². The van der Waals surface area contributed by atoms with Crippen LogP contribution in [0.15, 0.2) is 90.0 Å². The first-order valence-electron chi connectivity index (χ1n) is 11.5. The number of nitrogens with one attached hydrogen (secondary N) is 2. The van der Waals surface area contributed by atoms with Gasteiger partial charge in [-0.3, -0.25) is 19.7 Å². The first kappa shape index (κ1) is 24.6. The standard InChI is InChI=1S/C27H28N6O3/c1-33-25(34)24(32-27(35)36-18-20-10-6-3-7-11-20)23(21-12-14-29-15-13-21)31-26(33)30-17-22(28)16-19-8-4-2-5-9-19/h2-15,22H,16-18,28H2,1H3,(H,30,31)(H,32,35)/t22-/m1/s1. The van der Waals surface area contributed by atoms with E-state index >= 15 is 0 Å². The molecular formula is C27H28N6O3. The summed E-state index contributed by atoms with van der Waals surface area (Å²) in [7, 11) is 1.58. The molecule has 0 radical (unpaired) electrons. The van der Waals surface area contributed by atoms with Crippen molar-refractivity contribution < 1.29 is 9.53 Å². The van der Waals surface area contributed by atoms with Crippen LogP contribution in [-0.2, 0) is 24.8 Å². The number of aromatic nitrogens is 3. The molecule has 4 aromatic rings. The zero-order valence-electron chi connectivity index (χ0n) is 19.9. The molecule has 0 bridgehead atoms. The molecule has 0 aliphatic heterocycles. The summed E-state index contributed by atoms with van der Waals surface area (Å²) in [6.45, 7) is 0.473. The van der Waals surface area contributed by atoms with Crippen LogP contribution in [0.4, 0.5) is 16.4 Å². The Bertz CT molecular complexity index is 1340. The molecule has 0 aliphatic carbocycles. The van der Waals surface area contributed by atoms with Crippen molar-refractivity contribution in [2.24, 2.45) is 12.8 Å². The topological polar surface area (TPSA) is 124 Å². The Labute approximate surface area is 209 Å². The SMILES string of the molecule is Cn1c(NC[C@H](N)Cc2ccccc2)nc(-c2ccncc2)c(NC(=O)OCc2ccccc2)c1=O. The molecule has 9 heteroatoms. The van der Waals surface area contributed by atoms with Crippen molar-refractivity contribution in [1.29, 1.82) is 0 Å². The Morgan fingerprint density at radius 2 is 1.64 bits per heavy atom. The third-order valence-corrected chi connectivity index (χ3v) is 5.55. The molecule has 0 aliphatic rings. The minimum absolute atomic E-state index is 0.0147. The fraction of sp³-hybridized carbons (Fsp3) is 0.185. The lowest BCUT2D eigenvalue weighted by atomic mass is 10.1. The van der Waals surface area contributed by atoms with Crippen LogP contribution in [0.25, 0.3) is 11.3 Å². The van der Waals surface area contributed by atoms with Gasteiger partial charge in [0.05, 0.1) is 0 Å². The van der Waals surface area contributed by atoms with Crippen molar-refractivity contribution >= 4 is 17.7 Å². The molecule has 1 amide bonds. The van der Waals surface area contributed by atoms with Crippen LogP contribution in [0.3, 0.4) is 0 Å². The Morgan fingerprint density at radius 1 is 1.00 bits per heavy atom. The maximum absolute atomic E-state index is 13.3. The van der Waals surface area contributed by atoms with Gasteiger partial charge >= 0.3 is 6.09 Å². The van der Waals surface area contributed by atoms with Gasteiger partial charge in [-0.15, -0.1) is 0 Å². The lowest BCUT2D eigenvalue weighted by Crippen LogP contribution is -2.34. The Hall–Kier alpha value is -4.50. The Balaban J connectivity index is 1.54. The number of carbonyl (C=O) groups excluding carboxylic acids is 1. The first-order valence-corrected chi connectivity index (χ1v) is 11.5. The Kier molecular flexibility index (Phi) is 8.05. The zero-order valence-corrected chi connectivity index (χ0v) is 19.9. The van der Waals surface area contributed by atoms with Gasteiger partial charge in [0.1, 0.15) is 18.0 Å². The third kappa shape index (κ3) is 6.34. The van der Waals surface area contributed by atoms with E-state index in [-0.39, 0.29) is 18.3 Å². The number of ether oxygens (including phenoxy) is 1. The van der Waals surface area contributed by atoms with E-state index in [1.165, 1.54) is 4.57 Å². The molecule has 1 atom stereocenters. The molecular weight excluding hydrogens is 456 g/mol. The number of benzene rings is 2. The zero-order chi connectivity index (χ0) is 25.3. The molecule has 36 heavy (non-hydrogen) atoms. The number of hydrogen-bond donors (Lipinski definition) is 3. The molecule has 2 heterocycles. The largest absolute Gasteiger partial charge is 0.444 e. The number of hydrogen-bond acceptors (Lipinski definition) is 7. The summed E-state index contributed by atoms with van der Waals surface area (Å²) in [5, 5.41) is 5.76. The highest BCUT2D eigenvalue weighted by atomic mass is 16.5. The predicted molar refractivity (Wildman–Crippen MR) is 140 cm³/mol. The van der Waals surface area contributed by atoms with E-state index < -0.39 is 11.7 Å². The molecule has 9 nitrogen and oxygen atoms in total. The molecule has 0 unspecified atom stereocenters. The van der Waals surface area contributed by atoms with Gasteiger partial charge in [0, 0.05) is 37.6 Å². The van der Waals surface area contributed by atoms with Gasteiger partial charge in [0.15, 0.2) is 0 Å². The van der Waals surface area contributed by atoms with Crippen LogP contribution >= 0.6 is 0 Å². The molecule has 184 valence electrons. The first-order chi connectivity index (χ1) is 17.5. The summed E-state index contributed by atoms with van der Waals surface area (Å²) in [4.78, 5) is 34.5. The number of amides is 1. The van der Waals surface area contributed by atoms with Gasteiger partial charge < -0.3 is 15.8 Å². The average Bonchev–Trinajstić information content (AvgIpc) is 2.91. The Morgan fingerprint density at radius 3 is 2.31 bits per heavy atom. The molecule has 2 aromatic heterocycles. The molecule has 2 aromatic carbocycles. The minimum atomic E-state index is -0.751. The lowest BCUT2D eigenvalue weighted by molar-refractivity contribution is 0.155. The van der Waals surface area contributed by atoms with E-state index in [0.29, 0.717) is 30.2 Å². The van der Waals surface area contributed by atoms with E-state index in [1.807, 2.05) is 60.7 Å². The van der Waals surface area contributed by atoms with Gasteiger partial charge in [-0.05, 0) is 29.7 Å². The highest BCUT2D eigenvalue weighted by Gasteiger charge is 2.19. The maximum Gasteiger partial charge on any atom is 0.412 e. The van der Waals surface area contributed by atoms with Gasteiger partial charge in [-0.1, -0.05) is 60.7 Å². The van der Waals surface area contributed by atoms with E-state index in [0.717, 1.165) is 11.1 Å². The van der Waals surface area contributed by atoms with Gasteiger partial charge in [-0.25, -0.2) is 9.78 Å². The fourth-order valence-corrected chi connectivity index (χ4v) is 3.66. The van der Waals surface area contributed by atoms with Crippen molar-refractivity contribution in [3.63, 3.8) is 0 Å². The van der Waals surface area contributed by atoms with E-state index in [1.54, 1.807) is 31.6 Å². The van der Waals surface area contributed by atoms with E-state index in [2.05, 4.69) is 20.6 Å². The predicted octanol–water partition coefficient (Wildman–Crippen LogP) is 3.57. The van der Waals surface area contributed by atoms with Crippen LogP contribution in [0.5, 0.6) is 0 Å². The van der Waals surface area contributed by atoms with Crippen LogP contribution in [0.2, 0.25) is 0 Å². The van der Waals surface area contributed by atoms with Gasteiger partial charge in [0.25, 0.3) is 5.56 Å². The quantitative estimate of drug-likeness (QED) is 0.332. The highest BCUT2D eigenvalue weighted by molar-refractivity contribution is 5.90. The number of nitrogens with zero attached hydrogens (tertiary/aromatic N) is 3. The molecule has 0 saturated carbocycles. The van der Waals surface area contributed by atoms with Crippen molar-refractivity contribution in [2.75, 3.05) is 17.2 Å².